The van der Waals surface area contributed by atoms with Crippen molar-refractivity contribution in [2.75, 3.05) is 27.9 Å². The number of fused-ring (bicyclic) bond motifs is 1. The number of para-hydroxylation sites is 1. The third kappa shape index (κ3) is 3.55. The Morgan fingerprint density at radius 2 is 1.60 bits per heavy atom. The molecule has 1 aliphatic heterocycles. The molecule has 5 heteroatoms. The van der Waals surface area contributed by atoms with Crippen LogP contribution in [0.2, 0.25) is 0 Å². The Labute approximate surface area is 148 Å². The van der Waals surface area contributed by atoms with Crippen LogP contribution >= 0.6 is 0 Å². The topological polar surface area (TPSA) is 48.0 Å². The van der Waals surface area contributed by atoms with Crippen LogP contribution in [0.5, 0.6) is 17.2 Å². The standard InChI is InChI=1S/C20H23NO4/c1-23-17-7-5-4-6-15(17)12-20(22)21-9-8-14-10-18(24-2)19(25-3)11-16(14)13-21/h4-7,10-11H,8-9,12-13H2,1-3H3. The Balaban J connectivity index is 1.77. The molecule has 132 valence electrons. The third-order valence-corrected chi connectivity index (χ3v) is 4.60. The highest BCUT2D eigenvalue weighted by atomic mass is 16.5. The average molecular weight is 341 g/mol. The zero-order valence-electron chi connectivity index (χ0n) is 14.9. The second-order valence-corrected chi connectivity index (χ2v) is 6.03. The fourth-order valence-electron chi connectivity index (χ4n) is 3.22. The summed E-state index contributed by atoms with van der Waals surface area (Å²) in [6.07, 6.45) is 1.15. The summed E-state index contributed by atoms with van der Waals surface area (Å²) in [5.74, 6) is 2.28. The third-order valence-electron chi connectivity index (χ3n) is 4.60. The Kier molecular flexibility index (Phi) is 5.12. The molecule has 0 spiro atoms. The Morgan fingerprint density at radius 1 is 0.960 bits per heavy atom. The van der Waals surface area contributed by atoms with Gasteiger partial charge in [0.15, 0.2) is 11.5 Å². The van der Waals surface area contributed by atoms with Gasteiger partial charge in [-0.2, -0.15) is 0 Å². The van der Waals surface area contributed by atoms with Crippen LogP contribution in [0.25, 0.3) is 0 Å². The van der Waals surface area contributed by atoms with E-state index >= 15 is 0 Å². The molecule has 2 aromatic rings. The molecule has 3 rings (SSSR count). The van der Waals surface area contributed by atoms with Crippen molar-refractivity contribution >= 4 is 5.91 Å². The van der Waals surface area contributed by atoms with Gasteiger partial charge in [0.2, 0.25) is 5.91 Å². The van der Waals surface area contributed by atoms with E-state index in [1.807, 2.05) is 41.3 Å². The van der Waals surface area contributed by atoms with Crippen molar-refractivity contribution in [2.45, 2.75) is 19.4 Å². The first kappa shape index (κ1) is 17.1. The molecular weight excluding hydrogens is 318 g/mol. The maximum Gasteiger partial charge on any atom is 0.227 e. The highest BCUT2D eigenvalue weighted by molar-refractivity contribution is 5.80. The average Bonchev–Trinajstić information content (AvgIpc) is 2.66. The molecule has 0 saturated carbocycles. The Hall–Kier alpha value is -2.69. The maximum atomic E-state index is 12.7. The summed E-state index contributed by atoms with van der Waals surface area (Å²) in [7, 11) is 4.88. The number of rotatable bonds is 5. The first-order chi connectivity index (χ1) is 12.2. The lowest BCUT2D eigenvalue weighted by Crippen LogP contribution is -2.37. The number of hydrogen-bond donors (Lipinski definition) is 0. The molecular formula is C20H23NO4. The van der Waals surface area contributed by atoms with Gasteiger partial charge in [0.1, 0.15) is 5.75 Å². The molecule has 0 bridgehead atoms. The van der Waals surface area contributed by atoms with E-state index in [1.54, 1.807) is 21.3 Å². The van der Waals surface area contributed by atoms with Crippen LogP contribution in [0, 0.1) is 0 Å². The molecule has 25 heavy (non-hydrogen) atoms. The van der Waals surface area contributed by atoms with E-state index in [9.17, 15) is 4.79 Å². The fourth-order valence-corrected chi connectivity index (χ4v) is 3.22. The lowest BCUT2D eigenvalue weighted by atomic mass is 9.98. The van der Waals surface area contributed by atoms with Gasteiger partial charge in [0, 0.05) is 18.7 Å². The van der Waals surface area contributed by atoms with Crippen molar-refractivity contribution in [3.05, 3.63) is 53.1 Å². The smallest absolute Gasteiger partial charge is 0.227 e. The summed E-state index contributed by atoms with van der Waals surface area (Å²) in [6.45, 7) is 1.29. The monoisotopic (exact) mass is 341 g/mol. The van der Waals surface area contributed by atoms with Gasteiger partial charge in [-0.25, -0.2) is 0 Å². The maximum absolute atomic E-state index is 12.7. The molecule has 0 aliphatic carbocycles. The van der Waals surface area contributed by atoms with Crippen molar-refractivity contribution in [3.8, 4) is 17.2 Å². The Bertz CT molecular complexity index is 772. The van der Waals surface area contributed by atoms with Gasteiger partial charge < -0.3 is 19.1 Å². The summed E-state index contributed by atoms with van der Waals surface area (Å²) in [6, 6.07) is 11.6. The molecule has 0 saturated heterocycles. The first-order valence-corrected chi connectivity index (χ1v) is 8.29. The molecule has 1 amide bonds. The van der Waals surface area contributed by atoms with E-state index < -0.39 is 0 Å². The molecule has 0 fully saturated rings. The molecule has 0 atom stereocenters. The van der Waals surface area contributed by atoms with Gasteiger partial charge in [-0.3, -0.25) is 4.79 Å². The van der Waals surface area contributed by atoms with Gasteiger partial charge in [0.25, 0.3) is 0 Å². The van der Waals surface area contributed by atoms with Crippen LogP contribution in [0.4, 0.5) is 0 Å². The quantitative estimate of drug-likeness (QED) is 0.839. The number of amides is 1. The van der Waals surface area contributed by atoms with Crippen LogP contribution in [0.1, 0.15) is 16.7 Å². The molecule has 1 aliphatic rings. The SMILES string of the molecule is COc1ccccc1CC(=O)N1CCc2cc(OC)c(OC)cc2C1. The number of carbonyl (C=O) groups is 1. The highest BCUT2D eigenvalue weighted by Crippen LogP contribution is 2.33. The van der Waals surface area contributed by atoms with Crippen LogP contribution in [0.15, 0.2) is 36.4 Å². The predicted octanol–water partition coefficient (Wildman–Crippen LogP) is 2.84. The summed E-state index contributed by atoms with van der Waals surface area (Å²) in [5, 5.41) is 0. The van der Waals surface area contributed by atoms with Gasteiger partial charge >= 0.3 is 0 Å². The summed E-state index contributed by atoms with van der Waals surface area (Å²) in [5.41, 5.74) is 3.23. The van der Waals surface area contributed by atoms with E-state index in [-0.39, 0.29) is 5.91 Å². The normalized spacial score (nSPS) is 13.2. The number of benzene rings is 2. The van der Waals surface area contributed by atoms with E-state index in [4.69, 9.17) is 14.2 Å². The van der Waals surface area contributed by atoms with Gasteiger partial charge in [-0.15, -0.1) is 0 Å². The minimum atomic E-state index is 0.102. The van der Waals surface area contributed by atoms with Gasteiger partial charge in [-0.1, -0.05) is 18.2 Å². The number of nitrogens with zero attached hydrogens (tertiary/aromatic N) is 1. The van der Waals surface area contributed by atoms with Crippen molar-refractivity contribution < 1.29 is 19.0 Å². The minimum absolute atomic E-state index is 0.102. The van der Waals surface area contributed by atoms with E-state index in [1.165, 1.54) is 5.56 Å². The van der Waals surface area contributed by atoms with Crippen LogP contribution in [0.3, 0.4) is 0 Å². The lowest BCUT2D eigenvalue weighted by molar-refractivity contribution is -0.131. The van der Waals surface area contributed by atoms with Gasteiger partial charge in [-0.05, 0) is 35.7 Å². The fraction of sp³-hybridized carbons (Fsp3) is 0.350. The van der Waals surface area contributed by atoms with Crippen LogP contribution in [-0.4, -0.2) is 38.7 Å². The zero-order chi connectivity index (χ0) is 17.8. The molecule has 0 aromatic heterocycles. The van der Waals surface area contributed by atoms with E-state index in [0.717, 1.165) is 29.0 Å². The summed E-state index contributed by atoms with van der Waals surface area (Å²) < 4.78 is 16.1. The van der Waals surface area contributed by atoms with E-state index in [2.05, 4.69) is 0 Å². The highest BCUT2D eigenvalue weighted by Gasteiger charge is 2.23. The van der Waals surface area contributed by atoms with Crippen molar-refractivity contribution in [3.63, 3.8) is 0 Å². The van der Waals surface area contributed by atoms with Crippen molar-refractivity contribution in [1.29, 1.82) is 0 Å². The number of hydrogen-bond acceptors (Lipinski definition) is 4. The minimum Gasteiger partial charge on any atom is -0.496 e. The largest absolute Gasteiger partial charge is 0.496 e. The molecule has 1 heterocycles. The van der Waals surface area contributed by atoms with Crippen LogP contribution < -0.4 is 14.2 Å². The lowest BCUT2D eigenvalue weighted by Gasteiger charge is -2.30. The second kappa shape index (κ2) is 7.47. The molecule has 0 unspecified atom stereocenters. The molecule has 2 aromatic carbocycles. The predicted molar refractivity (Wildman–Crippen MR) is 95.4 cm³/mol. The summed E-state index contributed by atoms with van der Waals surface area (Å²) in [4.78, 5) is 14.6. The molecule has 5 nitrogen and oxygen atoms in total. The number of carbonyl (C=O) groups excluding carboxylic acids is 1. The summed E-state index contributed by atoms with van der Waals surface area (Å²) >= 11 is 0. The zero-order valence-corrected chi connectivity index (χ0v) is 14.9. The van der Waals surface area contributed by atoms with E-state index in [0.29, 0.717) is 25.3 Å². The number of methoxy groups -OCH3 is 3. The van der Waals surface area contributed by atoms with Crippen molar-refractivity contribution in [1.82, 2.24) is 4.90 Å². The van der Waals surface area contributed by atoms with Crippen LogP contribution in [-0.2, 0) is 24.2 Å². The van der Waals surface area contributed by atoms with Crippen molar-refractivity contribution in [2.24, 2.45) is 0 Å². The Morgan fingerprint density at radius 3 is 2.28 bits per heavy atom. The molecule has 0 radical (unpaired) electrons. The van der Waals surface area contributed by atoms with Gasteiger partial charge in [0.05, 0.1) is 27.8 Å². The molecule has 0 N–H and O–H groups in total. The second-order valence-electron chi connectivity index (χ2n) is 6.03. The number of ether oxygens (including phenoxy) is 3. The first-order valence-electron chi connectivity index (χ1n) is 8.29.